The van der Waals surface area contributed by atoms with Crippen LogP contribution in [0.4, 0.5) is 0 Å². The Morgan fingerprint density at radius 3 is 2.75 bits per heavy atom. The van der Waals surface area contributed by atoms with Crippen molar-refractivity contribution in [3.05, 3.63) is 16.3 Å². The Balaban J connectivity index is 2.14. The van der Waals surface area contributed by atoms with Crippen LogP contribution in [0.3, 0.4) is 0 Å². The van der Waals surface area contributed by atoms with Gasteiger partial charge in [-0.1, -0.05) is 19.8 Å². The minimum Gasteiger partial charge on any atom is -0.312 e. The van der Waals surface area contributed by atoms with Gasteiger partial charge < -0.3 is 5.32 Å². The first-order chi connectivity index (χ1) is 9.57. The molecule has 2 rings (SSSR count). The van der Waals surface area contributed by atoms with Crippen molar-refractivity contribution >= 4 is 21.4 Å². The molecular weight excluding hydrogens is 292 g/mol. The van der Waals surface area contributed by atoms with Crippen LogP contribution in [-0.2, 0) is 16.6 Å². The predicted octanol–water partition coefficient (Wildman–Crippen LogP) is 2.81. The van der Waals surface area contributed by atoms with Gasteiger partial charge in [-0.25, -0.2) is 8.42 Å². The first-order valence-corrected chi connectivity index (χ1v) is 9.64. The number of hydrogen-bond acceptors (Lipinski definition) is 4. The zero-order valence-electron chi connectivity index (χ0n) is 12.3. The molecule has 1 aliphatic carbocycles. The molecule has 114 valence electrons. The quantitative estimate of drug-likeness (QED) is 0.787. The second kappa shape index (κ2) is 7.02. The maximum atomic E-state index is 12.7. The van der Waals surface area contributed by atoms with E-state index in [1.807, 2.05) is 5.38 Å². The summed E-state index contributed by atoms with van der Waals surface area (Å²) in [7, 11) is -1.61. The summed E-state index contributed by atoms with van der Waals surface area (Å²) in [5.41, 5.74) is 0. The Bertz CT molecular complexity index is 519. The number of thiophene rings is 1. The topological polar surface area (TPSA) is 49.4 Å². The fraction of sp³-hybridized carbons (Fsp3) is 0.714. The van der Waals surface area contributed by atoms with Crippen LogP contribution in [0.1, 0.15) is 43.9 Å². The van der Waals surface area contributed by atoms with Crippen molar-refractivity contribution in [1.82, 2.24) is 9.62 Å². The first kappa shape index (κ1) is 15.9. The molecule has 0 spiro atoms. The molecule has 0 unspecified atom stereocenters. The van der Waals surface area contributed by atoms with Gasteiger partial charge in [0, 0.05) is 24.5 Å². The smallest absolute Gasteiger partial charge is 0.244 e. The summed E-state index contributed by atoms with van der Waals surface area (Å²) in [6.07, 6.45) is 5.31. The van der Waals surface area contributed by atoms with Crippen molar-refractivity contribution in [2.45, 2.75) is 56.5 Å². The van der Waals surface area contributed by atoms with Crippen molar-refractivity contribution in [2.75, 3.05) is 13.6 Å². The minimum absolute atomic E-state index is 0.177. The summed E-state index contributed by atoms with van der Waals surface area (Å²) in [5, 5.41) is 5.16. The lowest BCUT2D eigenvalue weighted by molar-refractivity contribution is 0.372. The van der Waals surface area contributed by atoms with Crippen molar-refractivity contribution in [2.24, 2.45) is 0 Å². The molecular formula is C14H24N2O2S2. The number of nitrogens with zero attached hydrogens (tertiary/aromatic N) is 1. The molecule has 0 radical (unpaired) electrons. The van der Waals surface area contributed by atoms with E-state index in [1.165, 1.54) is 11.3 Å². The van der Waals surface area contributed by atoms with Gasteiger partial charge in [-0.15, -0.1) is 11.3 Å². The fourth-order valence-corrected chi connectivity index (χ4v) is 5.48. The molecule has 1 saturated carbocycles. The summed E-state index contributed by atoms with van der Waals surface area (Å²) in [6, 6.07) is 1.92. The Kier molecular flexibility index (Phi) is 5.60. The molecule has 0 bridgehead atoms. The number of rotatable bonds is 7. The lowest BCUT2D eigenvalue weighted by atomic mass is 10.3. The van der Waals surface area contributed by atoms with Crippen LogP contribution in [0.25, 0.3) is 0 Å². The summed E-state index contributed by atoms with van der Waals surface area (Å²) < 4.78 is 27.1. The Morgan fingerprint density at radius 2 is 2.10 bits per heavy atom. The van der Waals surface area contributed by atoms with E-state index < -0.39 is 10.0 Å². The molecule has 0 saturated heterocycles. The van der Waals surface area contributed by atoms with Crippen molar-refractivity contribution in [1.29, 1.82) is 0 Å². The molecule has 0 atom stereocenters. The second-order valence-electron chi connectivity index (χ2n) is 5.34. The number of nitrogens with one attached hydrogen (secondary N) is 1. The molecule has 1 N–H and O–H groups in total. The van der Waals surface area contributed by atoms with E-state index in [9.17, 15) is 8.42 Å². The van der Waals surface area contributed by atoms with Gasteiger partial charge in [0.1, 0.15) is 0 Å². The standard InChI is InChI=1S/C14H24N2O2S2/c1-3-9-15-11-13-14(8-10-19-13)20(17,18)16(2)12-6-4-5-7-12/h8,10,12,15H,3-7,9,11H2,1-2H3. The molecule has 4 nitrogen and oxygen atoms in total. The van der Waals surface area contributed by atoms with E-state index in [-0.39, 0.29) is 6.04 Å². The van der Waals surface area contributed by atoms with Gasteiger partial charge in [-0.2, -0.15) is 4.31 Å². The van der Waals surface area contributed by atoms with E-state index in [0.717, 1.165) is 43.5 Å². The van der Waals surface area contributed by atoms with Gasteiger partial charge >= 0.3 is 0 Å². The summed E-state index contributed by atoms with van der Waals surface area (Å²) >= 11 is 1.52. The fourth-order valence-electron chi connectivity index (χ4n) is 2.69. The molecule has 0 aromatic carbocycles. The molecule has 1 heterocycles. The highest BCUT2D eigenvalue weighted by Gasteiger charge is 2.31. The van der Waals surface area contributed by atoms with Crippen LogP contribution in [0, 0.1) is 0 Å². The zero-order chi connectivity index (χ0) is 14.6. The molecule has 20 heavy (non-hydrogen) atoms. The predicted molar refractivity (Wildman–Crippen MR) is 83.5 cm³/mol. The lowest BCUT2D eigenvalue weighted by Crippen LogP contribution is -2.35. The van der Waals surface area contributed by atoms with Crippen LogP contribution in [0.5, 0.6) is 0 Å². The molecule has 0 amide bonds. The van der Waals surface area contributed by atoms with E-state index >= 15 is 0 Å². The maximum Gasteiger partial charge on any atom is 0.244 e. The Labute approximate surface area is 126 Å². The van der Waals surface area contributed by atoms with Crippen LogP contribution in [0.2, 0.25) is 0 Å². The number of sulfonamides is 1. The lowest BCUT2D eigenvalue weighted by Gasteiger charge is -2.23. The van der Waals surface area contributed by atoms with Gasteiger partial charge in [0.05, 0.1) is 4.90 Å². The van der Waals surface area contributed by atoms with Crippen LogP contribution < -0.4 is 5.32 Å². The van der Waals surface area contributed by atoms with Crippen LogP contribution >= 0.6 is 11.3 Å². The van der Waals surface area contributed by atoms with Crippen molar-refractivity contribution < 1.29 is 8.42 Å². The van der Waals surface area contributed by atoms with Gasteiger partial charge in [-0.05, 0) is 37.3 Å². The van der Waals surface area contributed by atoms with Gasteiger partial charge in [0.2, 0.25) is 10.0 Å². The largest absolute Gasteiger partial charge is 0.312 e. The molecule has 0 aliphatic heterocycles. The molecule has 1 aliphatic rings. The molecule has 6 heteroatoms. The van der Waals surface area contributed by atoms with Crippen LogP contribution in [-0.4, -0.2) is 32.4 Å². The van der Waals surface area contributed by atoms with Gasteiger partial charge in [0.25, 0.3) is 0 Å². The minimum atomic E-state index is -3.34. The van der Waals surface area contributed by atoms with Crippen molar-refractivity contribution in [3.8, 4) is 0 Å². The molecule has 1 aromatic rings. The van der Waals surface area contributed by atoms with E-state index in [4.69, 9.17) is 0 Å². The third kappa shape index (κ3) is 3.42. The highest BCUT2D eigenvalue weighted by atomic mass is 32.2. The summed E-state index contributed by atoms with van der Waals surface area (Å²) in [4.78, 5) is 1.41. The van der Waals surface area contributed by atoms with Gasteiger partial charge in [0.15, 0.2) is 0 Å². The maximum absolute atomic E-state index is 12.7. The summed E-state index contributed by atoms with van der Waals surface area (Å²) in [5.74, 6) is 0. The van der Waals surface area contributed by atoms with Gasteiger partial charge in [-0.3, -0.25) is 0 Å². The monoisotopic (exact) mass is 316 g/mol. The highest BCUT2D eigenvalue weighted by molar-refractivity contribution is 7.89. The average Bonchev–Trinajstić information content (AvgIpc) is 3.09. The third-order valence-corrected chi connectivity index (χ3v) is 6.96. The average molecular weight is 316 g/mol. The Morgan fingerprint density at radius 1 is 1.40 bits per heavy atom. The van der Waals surface area contributed by atoms with E-state index in [2.05, 4.69) is 12.2 Å². The highest BCUT2D eigenvalue weighted by Crippen LogP contribution is 2.30. The SMILES string of the molecule is CCCNCc1sccc1S(=O)(=O)N(C)C1CCCC1. The summed E-state index contributed by atoms with van der Waals surface area (Å²) in [6.45, 7) is 3.65. The third-order valence-electron chi connectivity index (χ3n) is 3.91. The Hall–Kier alpha value is -0.430. The van der Waals surface area contributed by atoms with E-state index in [0.29, 0.717) is 11.4 Å². The normalized spacial score (nSPS) is 17.1. The molecule has 1 aromatic heterocycles. The molecule has 1 fully saturated rings. The first-order valence-electron chi connectivity index (χ1n) is 7.32. The van der Waals surface area contributed by atoms with Crippen molar-refractivity contribution in [3.63, 3.8) is 0 Å². The van der Waals surface area contributed by atoms with E-state index in [1.54, 1.807) is 17.4 Å². The number of hydrogen-bond donors (Lipinski definition) is 1. The zero-order valence-corrected chi connectivity index (χ0v) is 13.9. The second-order valence-corrected chi connectivity index (χ2v) is 8.31. The van der Waals surface area contributed by atoms with Crippen LogP contribution in [0.15, 0.2) is 16.3 Å².